The molecule has 20 heavy (non-hydrogen) atoms. The fourth-order valence-electron chi connectivity index (χ4n) is 3.18. The molecule has 0 radical (unpaired) electrons. The molecule has 1 aromatic rings. The summed E-state index contributed by atoms with van der Waals surface area (Å²) in [6, 6.07) is 5.16. The van der Waals surface area contributed by atoms with Gasteiger partial charge in [-0.05, 0) is 31.4 Å². The lowest BCUT2D eigenvalue weighted by Crippen LogP contribution is -2.40. The molecule has 3 nitrogen and oxygen atoms in total. The van der Waals surface area contributed by atoms with E-state index in [0.717, 1.165) is 18.4 Å². The van der Waals surface area contributed by atoms with Crippen molar-refractivity contribution in [2.75, 3.05) is 18.1 Å². The summed E-state index contributed by atoms with van der Waals surface area (Å²) in [6.45, 7) is 2.37. The lowest BCUT2D eigenvalue weighted by molar-refractivity contribution is 0.289. The van der Waals surface area contributed by atoms with E-state index < -0.39 is 0 Å². The van der Waals surface area contributed by atoms with Gasteiger partial charge in [0, 0.05) is 18.6 Å². The fraction of sp³-hybridized carbons (Fsp3) is 0.625. The minimum Gasteiger partial charge on any atom is -0.395 e. The van der Waals surface area contributed by atoms with Gasteiger partial charge in [-0.25, -0.2) is 4.39 Å². The van der Waals surface area contributed by atoms with Crippen molar-refractivity contribution >= 4 is 5.69 Å². The second kappa shape index (κ2) is 7.04. The molecule has 2 rings (SSSR count). The van der Waals surface area contributed by atoms with E-state index in [-0.39, 0.29) is 18.5 Å². The van der Waals surface area contributed by atoms with Crippen molar-refractivity contribution in [1.82, 2.24) is 0 Å². The molecule has 0 aliphatic heterocycles. The van der Waals surface area contributed by atoms with Crippen LogP contribution < -0.4 is 10.6 Å². The zero-order chi connectivity index (χ0) is 14.5. The Labute approximate surface area is 120 Å². The van der Waals surface area contributed by atoms with Crippen LogP contribution >= 0.6 is 0 Å². The van der Waals surface area contributed by atoms with Gasteiger partial charge in [0.05, 0.1) is 12.3 Å². The highest BCUT2D eigenvalue weighted by atomic mass is 19.1. The smallest absolute Gasteiger partial charge is 0.146 e. The summed E-state index contributed by atoms with van der Waals surface area (Å²) in [5, 5.41) is 9.35. The van der Waals surface area contributed by atoms with Crippen molar-refractivity contribution in [3.63, 3.8) is 0 Å². The van der Waals surface area contributed by atoms with Crippen molar-refractivity contribution in [3.05, 3.63) is 29.6 Å². The van der Waals surface area contributed by atoms with Crippen molar-refractivity contribution in [2.24, 2.45) is 5.73 Å². The third-order valence-electron chi connectivity index (χ3n) is 4.15. The quantitative estimate of drug-likeness (QED) is 0.871. The minimum atomic E-state index is -0.237. The predicted octanol–water partition coefficient (Wildman–Crippen LogP) is 2.98. The van der Waals surface area contributed by atoms with Gasteiger partial charge in [0.2, 0.25) is 0 Å². The van der Waals surface area contributed by atoms with Crippen LogP contribution in [0.3, 0.4) is 0 Å². The number of aliphatic hydroxyl groups is 1. The van der Waals surface area contributed by atoms with Gasteiger partial charge in [-0.15, -0.1) is 0 Å². The van der Waals surface area contributed by atoms with Gasteiger partial charge in [0.1, 0.15) is 5.82 Å². The average Bonchev–Trinajstić information content (AvgIpc) is 2.46. The molecule has 0 saturated heterocycles. The second-order valence-electron chi connectivity index (χ2n) is 5.68. The van der Waals surface area contributed by atoms with Crippen LogP contribution in [-0.2, 0) is 0 Å². The Morgan fingerprint density at radius 3 is 2.65 bits per heavy atom. The number of nitrogens with zero attached hydrogens (tertiary/aromatic N) is 1. The zero-order valence-corrected chi connectivity index (χ0v) is 12.2. The highest BCUT2D eigenvalue weighted by molar-refractivity contribution is 5.57. The average molecular weight is 280 g/mol. The molecule has 0 bridgehead atoms. The Morgan fingerprint density at radius 1 is 1.35 bits per heavy atom. The predicted molar refractivity (Wildman–Crippen MR) is 80.3 cm³/mol. The maximum atomic E-state index is 14.4. The minimum absolute atomic E-state index is 0.0310. The van der Waals surface area contributed by atoms with Gasteiger partial charge in [-0.3, -0.25) is 0 Å². The molecular weight excluding hydrogens is 255 g/mol. The lowest BCUT2D eigenvalue weighted by Gasteiger charge is -2.37. The molecule has 1 saturated carbocycles. The van der Waals surface area contributed by atoms with E-state index in [9.17, 15) is 9.50 Å². The van der Waals surface area contributed by atoms with Crippen molar-refractivity contribution < 1.29 is 9.50 Å². The van der Waals surface area contributed by atoms with Crippen LogP contribution in [-0.4, -0.2) is 24.3 Å². The molecule has 1 aliphatic carbocycles. The molecular formula is C16H25FN2O. The van der Waals surface area contributed by atoms with Gasteiger partial charge in [-0.2, -0.15) is 0 Å². The standard InChI is InChI=1S/C16H25FN2O/c1-12(18)14-8-5-9-15(17)16(14)19(10-11-20)13-6-3-2-4-7-13/h5,8-9,12-13,20H,2-4,6-7,10-11,18H2,1H3/t12-/m0/s1. The van der Waals surface area contributed by atoms with Crippen LogP contribution in [0.1, 0.15) is 50.6 Å². The van der Waals surface area contributed by atoms with Crippen LogP contribution in [0, 0.1) is 5.82 Å². The lowest BCUT2D eigenvalue weighted by atomic mass is 9.92. The van der Waals surface area contributed by atoms with E-state index in [4.69, 9.17) is 5.73 Å². The number of halogens is 1. The van der Waals surface area contributed by atoms with E-state index in [2.05, 4.69) is 0 Å². The fourth-order valence-corrected chi connectivity index (χ4v) is 3.18. The molecule has 0 heterocycles. The molecule has 0 unspecified atom stereocenters. The SMILES string of the molecule is C[C@H](N)c1cccc(F)c1N(CCO)C1CCCCC1. The Kier molecular flexibility index (Phi) is 5.38. The molecule has 1 aliphatic rings. The van der Waals surface area contributed by atoms with E-state index in [1.807, 2.05) is 17.9 Å². The topological polar surface area (TPSA) is 49.5 Å². The Balaban J connectivity index is 2.37. The van der Waals surface area contributed by atoms with Gasteiger partial charge in [-0.1, -0.05) is 31.4 Å². The zero-order valence-electron chi connectivity index (χ0n) is 12.2. The van der Waals surface area contributed by atoms with E-state index in [0.29, 0.717) is 18.3 Å². The first kappa shape index (κ1) is 15.3. The summed E-state index contributed by atoms with van der Waals surface area (Å²) in [6.07, 6.45) is 5.73. The van der Waals surface area contributed by atoms with Gasteiger partial charge >= 0.3 is 0 Å². The van der Waals surface area contributed by atoms with Crippen LogP contribution in [0.2, 0.25) is 0 Å². The van der Waals surface area contributed by atoms with E-state index in [1.54, 1.807) is 6.07 Å². The highest BCUT2D eigenvalue weighted by Gasteiger charge is 2.26. The summed E-state index contributed by atoms with van der Waals surface area (Å²) >= 11 is 0. The molecule has 0 amide bonds. The number of hydrogen-bond acceptors (Lipinski definition) is 3. The summed E-state index contributed by atoms with van der Waals surface area (Å²) in [4.78, 5) is 2.03. The summed E-state index contributed by atoms with van der Waals surface area (Å²) in [5.74, 6) is -0.237. The first-order valence-electron chi connectivity index (χ1n) is 7.56. The number of aliphatic hydroxyl groups excluding tert-OH is 1. The van der Waals surface area contributed by atoms with Crippen molar-refractivity contribution in [2.45, 2.75) is 51.1 Å². The Bertz CT molecular complexity index is 430. The van der Waals surface area contributed by atoms with Gasteiger partial charge in [0.15, 0.2) is 0 Å². The van der Waals surface area contributed by atoms with Crippen LogP contribution in [0.15, 0.2) is 18.2 Å². The molecule has 0 spiro atoms. The molecule has 3 N–H and O–H groups in total. The second-order valence-corrected chi connectivity index (χ2v) is 5.68. The molecule has 1 fully saturated rings. The molecule has 112 valence electrons. The van der Waals surface area contributed by atoms with Crippen molar-refractivity contribution in [1.29, 1.82) is 0 Å². The van der Waals surface area contributed by atoms with Crippen LogP contribution in [0.5, 0.6) is 0 Å². The first-order valence-corrected chi connectivity index (χ1v) is 7.56. The normalized spacial score (nSPS) is 18.0. The number of para-hydroxylation sites is 1. The highest BCUT2D eigenvalue weighted by Crippen LogP contribution is 2.33. The number of benzene rings is 1. The van der Waals surface area contributed by atoms with Crippen molar-refractivity contribution in [3.8, 4) is 0 Å². The number of nitrogens with two attached hydrogens (primary N) is 1. The third kappa shape index (κ3) is 3.30. The number of hydrogen-bond donors (Lipinski definition) is 2. The molecule has 1 atom stereocenters. The first-order chi connectivity index (χ1) is 9.65. The number of rotatable bonds is 5. The van der Waals surface area contributed by atoms with Crippen LogP contribution in [0.4, 0.5) is 10.1 Å². The maximum absolute atomic E-state index is 14.4. The molecule has 0 aromatic heterocycles. The number of anilines is 1. The summed E-state index contributed by atoms with van der Waals surface area (Å²) in [7, 11) is 0. The Hall–Kier alpha value is -1.13. The monoisotopic (exact) mass is 280 g/mol. The molecule has 4 heteroatoms. The van der Waals surface area contributed by atoms with E-state index >= 15 is 0 Å². The van der Waals surface area contributed by atoms with Crippen LogP contribution in [0.25, 0.3) is 0 Å². The largest absolute Gasteiger partial charge is 0.395 e. The summed E-state index contributed by atoms with van der Waals surface area (Å²) in [5.41, 5.74) is 7.40. The van der Waals surface area contributed by atoms with Gasteiger partial charge in [0.25, 0.3) is 0 Å². The van der Waals surface area contributed by atoms with E-state index in [1.165, 1.54) is 25.3 Å². The Morgan fingerprint density at radius 2 is 2.05 bits per heavy atom. The maximum Gasteiger partial charge on any atom is 0.146 e. The van der Waals surface area contributed by atoms with Gasteiger partial charge < -0.3 is 15.7 Å². The molecule has 1 aromatic carbocycles. The third-order valence-corrected chi connectivity index (χ3v) is 4.15. The summed E-state index contributed by atoms with van der Waals surface area (Å²) < 4.78 is 14.4.